The molecule has 1 aliphatic rings. The highest BCUT2D eigenvalue weighted by atomic mass is 35.5. The summed E-state index contributed by atoms with van der Waals surface area (Å²) in [5.41, 5.74) is -0.486. The third kappa shape index (κ3) is 5.44. The van der Waals surface area contributed by atoms with Crippen LogP contribution in [-0.4, -0.2) is 38.8 Å². The van der Waals surface area contributed by atoms with E-state index in [4.69, 9.17) is 16.7 Å². The number of amides is 2. The first-order valence-electron chi connectivity index (χ1n) is 10.7. The molecule has 0 spiro atoms. The Morgan fingerprint density at radius 1 is 1.18 bits per heavy atom. The molecule has 11 heteroatoms. The summed E-state index contributed by atoms with van der Waals surface area (Å²) in [6.07, 6.45) is 1.64. The molecular weight excluding hydrogens is 472 g/mol. The number of ketones is 1. The minimum absolute atomic E-state index is 0.000711. The fraction of sp³-hybridized carbons (Fsp3) is 0.391. The monoisotopic (exact) mass is 495 g/mol. The van der Waals surface area contributed by atoms with Crippen molar-refractivity contribution in [3.63, 3.8) is 0 Å². The summed E-state index contributed by atoms with van der Waals surface area (Å²) in [5, 5.41) is 13.6. The molecule has 3 N–H and O–H groups in total. The number of fused-ring (bicyclic) bond motifs is 1. The molecule has 2 amide bonds. The van der Waals surface area contributed by atoms with Crippen LogP contribution in [0.5, 0.6) is 0 Å². The number of benzene rings is 1. The predicted molar refractivity (Wildman–Crippen MR) is 120 cm³/mol. The van der Waals surface area contributed by atoms with Gasteiger partial charge in [-0.05, 0) is 51.7 Å². The Hall–Kier alpha value is -3.27. The lowest BCUT2D eigenvalue weighted by Crippen LogP contribution is -2.46. The van der Waals surface area contributed by atoms with Gasteiger partial charge in [0.25, 0.3) is 17.6 Å². The summed E-state index contributed by atoms with van der Waals surface area (Å²) in [5.74, 6) is -5.72. The van der Waals surface area contributed by atoms with E-state index in [0.29, 0.717) is 37.9 Å². The van der Waals surface area contributed by atoms with Crippen molar-refractivity contribution in [2.75, 3.05) is 5.32 Å². The van der Waals surface area contributed by atoms with E-state index in [2.05, 4.69) is 10.6 Å². The highest BCUT2D eigenvalue weighted by Crippen LogP contribution is 2.34. The molecule has 0 saturated heterocycles. The van der Waals surface area contributed by atoms with Crippen molar-refractivity contribution in [2.24, 2.45) is 0 Å². The van der Waals surface area contributed by atoms with Crippen molar-refractivity contribution >= 4 is 40.9 Å². The molecule has 0 fully saturated rings. The number of hydrogen-bond donors (Lipinski definition) is 3. The van der Waals surface area contributed by atoms with E-state index in [-0.39, 0.29) is 28.4 Å². The molecule has 182 valence electrons. The van der Waals surface area contributed by atoms with Crippen molar-refractivity contribution in [3.8, 4) is 0 Å². The van der Waals surface area contributed by atoms with E-state index in [1.54, 1.807) is 13.8 Å². The van der Waals surface area contributed by atoms with Gasteiger partial charge < -0.3 is 20.3 Å². The molecule has 0 bridgehead atoms. The number of aliphatic carboxylic acids is 1. The highest BCUT2D eigenvalue weighted by Gasteiger charge is 2.35. The Morgan fingerprint density at radius 2 is 1.88 bits per heavy atom. The van der Waals surface area contributed by atoms with E-state index < -0.39 is 40.7 Å². The number of Topliss-reactive ketones (excluding diaryl/α,β-unsaturated/α-hetero) is 1. The second-order valence-electron chi connectivity index (χ2n) is 8.74. The van der Waals surface area contributed by atoms with Crippen LogP contribution in [-0.2, 0) is 22.6 Å². The normalized spacial score (nSPS) is 12.9. The lowest BCUT2D eigenvalue weighted by atomic mass is 9.96. The number of halogens is 3. The van der Waals surface area contributed by atoms with E-state index >= 15 is 0 Å². The fourth-order valence-electron chi connectivity index (χ4n) is 3.98. The van der Waals surface area contributed by atoms with E-state index in [9.17, 15) is 28.0 Å². The molecule has 0 saturated carbocycles. The molecule has 8 nitrogen and oxygen atoms in total. The standard InChI is InChI=1S/C23H24ClF2N3O5/c1-23(2,9-3-6-16(30)31)28-22(34)20(32)19-18(24)17(15-5-4-10-29(15)19)21(33)27-12-7-8-13(25)14(26)11-12/h7-8,11H,3-6,9-10H2,1-2H3,(H,27,33)(H,28,34)(H,30,31). The fourth-order valence-corrected chi connectivity index (χ4v) is 4.36. The number of nitrogens with zero attached hydrogens (tertiary/aromatic N) is 1. The minimum atomic E-state index is -1.13. The summed E-state index contributed by atoms with van der Waals surface area (Å²) in [6, 6.07) is 2.88. The average Bonchev–Trinajstić information content (AvgIpc) is 3.28. The number of hydrogen-bond acceptors (Lipinski definition) is 4. The van der Waals surface area contributed by atoms with Crippen molar-refractivity contribution < 1.29 is 33.1 Å². The number of carbonyl (C=O) groups is 4. The molecule has 2 aromatic rings. The SMILES string of the molecule is CC(C)(CCCC(=O)O)NC(=O)C(=O)c1c(Cl)c(C(=O)Nc2ccc(F)c(F)c2)c2n1CCC2. The van der Waals surface area contributed by atoms with Crippen LogP contribution >= 0.6 is 11.6 Å². The topological polar surface area (TPSA) is 118 Å². The van der Waals surface area contributed by atoms with Gasteiger partial charge in [-0.3, -0.25) is 19.2 Å². The van der Waals surface area contributed by atoms with Gasteiger partial charge in [0.1, 0.15) is 5.69 Å². The lowest BCUT2D eigenvalue weighted by Gasteiger charge is -2.25. The second-order valence-corrected chi connectivity index (χ2v) is 9.11. The van der Waals surface area contributed by atoms with E-state index in [0.717, 1.165) is 12.1 Å². The predicted octanol–water partition coefficient (Wildman–Crippen LogP) is 3.95. The molecule has 1 aromatic heterocycles. The maximum Gasteiger partial charge on any atom is 0.303 e. The Kier molecular flexibility index (Phi) is 7.40. The lowest BCUT2D eigenvalue weighted by molar-refractivity contribution is -0.137. The number of rotatable bonds is 9. The van der Waals surface area contributed by atoms with Crippen molar-refractivity contribution in [1.29, 1.82) is 0 Å². The maximum absolute atomic E-state index is 13.5. The number of aromatic nitrogens is 1. The minimum Gasteiger partial charge on any atom is -0.481 e. The van der Waals surface area contributed by atoms with Gasteiger partial charge in [0, 0.05) is 36.0 Å². The molecule has 2 heterocycles. The van der Waals surface area contributed by atoms with Crippen LogP contribution in [0.2, 0.25) is 5.02 Å². The molecule has 0 aliphatic carbocycles. The van der Waals surface area contributed by atoms with Crippen LogP contribution < -0.4 is 10.6 Å². The van der Waals surface area contributed by atoms with Crippen LogP contribution in [0.15, 0.2) is 18.2 Å². The Morgan fingerprint density at radius 3 is 2.53 bits per heavy atom. The zero-order chi connectivity index (χ0) is 25.2. The summed E-state index contributed by atoms with van der Waals surface area (Å²) in [6.45, 7) is 3.72. The third-order valence-electron chi connectivity index (χ3n) is 5.58. The van der Waals surface area contributed by atoms with E-state index in [1.165, 1.54) is 10.6 Å². The van der Waals surface area contributed by atoms with Gasteiger partial charge in [-0.25, -0.2) is 8.78 Å². The first-order chi connectivity index (χ1) is 15.9. The van der Waals surface area contributed by atoms with Crippen molar-refractivity contribution in [2.45, 2.75) is 58.0 Å². The second kappa shape index (κ2) is 9.92. The van der Waals surface area contributed by atoms with Gasteiger partial charge >= 0.3 is 5.97 Å². The summed E-state index contributed by atoms with van der Waals surface area (Å²) in [4.78, 5) is 49.4. The first-order valence-corrected chi connectivity index (χ1v) is 11.0. The molecule has 1 aliphatic heterocycles. The van der Waals surface area contributed by atoms with Crippen LogP contribution in [0.25, 0.3) is 0 Å². The zero-order valence-electron chi connectivity index (χ0n) is 18.6. The van der Waals surface area contributed by atoms with Gasteiger partial charge in [0.2, 0.25) is 0 Å². The molecule has 0 atom stereocenters. The summed E-state index contributed by atoms with van der Waals surface area (Å²) in [7, 11) is 0. The molecular formula is C23H24ClF2N3O5. The largest absolute Gasteiger partial charge is 0.481 e. The van der Waals surface area contributed by atoms with Gasteiger partial charge in [-0.2, -0.15) is 0 Å². The Bertz CT molecular complexity index is 1180. The number of carboxylic acid groups (broad SMARTS) is 1. The Balaban J connectivity index is 1.83. The van der Waals surface area contributed by atoms with Gasteiger partial charge in [-0.15, -0.1) is 0 Å². The van der Waals surface area contributed by atoms with Crippen LogP contribution in [0, 0.1) is 11.6 Å². The molecule has 34 heavy (non-hydrogen) atoms. The van der Waals surface area contributed by atoms with E-state index in [1.807, 2.05) is 0 Å². The quantitative estimate of drug-likeness (QED) is 0.359. The van der Waals surface area contributed by atoms with Crippen molar-refractivity contribution in [1.82, 2.24) is 9.88 Å². The van der Waals surface area contributed by atoms with Crippen LogP contribution in [0.1, 0.15) is 66.1 Å². The molecule has 1 aromatic carbocycles. The number of carbonyl (C=O) groups excluding carboxylic acids is 3. The highest BCUT2D eigenvalue weighted by molar-refractivity contribution is 6.48. The van der Waals surface area contributed by atoms with Gasteiger partial charge in [0.15, 0.2) is 11.6 Å². The molecule has 0 radical (unpaired) electrons. The van der Waals surface area contributed by atoms with Gasteiger partial charge in [-0.1, -0.05) is 11.6 Å². The summed E-state index contributed by atoms with van der Waals surface area (Å²) < 4.78 is 28.2. The Labute approximate surface area is 199 Å². The van der Waals surface area contributed by atoms with Crippen molar-refractivity contribution in [3.05, 3.63) is 51.8 Å². The molecule has 3 rings (SSSR count). The number of carboxylic acids is 1. The number of nitrogens with one attached hydrogen (secondary N) is 2. The third-order valence-corrected chi connectivity index (χ3v) is 5.95. The van der Waals surface area contributed by atoms with Gasteiger partial charge in [0.05, 0.1) is 10.6 Å². The van der Waals surface area contributed by atoms with Crippen LogP contribution in [0.4, 0.5) is 14.5 Å². The smallest absolute Gasteiger partial charge is 0.303 e. The summed E-state index contributed by atoms with van der Waals surface area (Å²) >= 11 is 6.41. The maximum atomic E-state index is 13.5. The molecule has 0 unspecified atom stereocenters. The average molecular weight is 496 g/mol. The number of anilines is 1. The zero-order valence-corrected chi connectivity index (χ0v) is 19.4. The van der Waals surface area contributed by atoms with Crippen LogP contribution in [0.3, 0.4) is 0 Å². The first kappa shape index (κ1) is 25.4.